The number of benzene rings is 2. The van der Waals surface area contributed by atoms with Crippen LogP contribution in [0.4, 0.5) is 5.69 Å². The van der Waals surface area contributed by atoms with E-state index in [9.17, 15) is 14.9 Å². The predicted octanol–water partition coefficient (Wildman–Crippen LogP) is 4.06. The fraction of sp³-hybridized carbons (Fsp3) is 0.200. The zero-order chi connectivity index (χ0) is 19.6. The van der Waals surface area contributed by atoms with E-state index in [4.69, 9.17) is 4.74 Å². The van der Waals surface area contributed by atoms with Gasteiger partial charge in [-0.2, -0.15) is 5.10 Å². The Labute approximate surface area is 156 Å². The van der Waals surface area contributed by atoms with Crippen LogP contribution in [0, 0.1) is 30.9 Å². The molecule has 0 N–H and O–H groups in total. The van der Waals surface area contributed by atoms with Crippen LogP contribution in [0.3, 0.4) is 0 Å². The van der Waals surface area contributed by atoms with Gasteiger partial charge in [0.15, 0.2) is 0 Å². The van der Waals surface area contributed by atoms with Gasteiger partial charge in [0, 0.05) is 11.8 Å². The Hall–Kier alpha value is -3.48. The number of aromatic nitrogens is 2. The van der Waals surface area contributed by atoms with E-state index < -0.39 is 10.9 Å². The van der Waals surface area contributed by atoms with Crippen molar-refractivity contribution in [3.8, 4) is 5.69 Å². The van der Waals surface area contributed by atoms with E-state index in [2.05, 4.69) is 5.10 Å². The molecule has 0 bridgehead atoms. The minimum atomic E-state index is -0.706. The molecule has 7 nitrogen and oxygen atoms in total. The number of aryl methyl sites for hydroxylation is 3. The van der Waals surface area contributed by atoms with Crippen LogP contribution in [-0.4, -0.2) is 20.7 Å². The Balaban J connectivity index is 1.73. The highest BCUT2D eigenvalue weighted by atomic mass is 16.6. The highest BCUT2D eigenvalue weighted by molar-refractivity contribution is 5.95. The molecule has 0 unspecified atom stereocenters. The van der Waals surface area contributed by atoms with Crippen LogP contribution in [0.1, 0.15) is 32.9 Å². The lowest BCUT2D eigenvalue weighted by atomic mass is 10.1. The van der Waals surface area contributed by atoms with E-state index in [0.717, 1.165) is 22.6 Å². The number of nitrogens with zero attached hydrogens (tertiary/aromatic N) is 3. The van der Waals surface area contributed by atoms with Crippen molar-refractivity contribution >= 4 is 11.7 Å². The van der Waals surface area contributed by atoms with Crippen molar-refractivity contribution in [2.75, 3.05) is 0 Å². The van der Waals surface area contributed by atoms with Crippen molar-refractivity contribution in [2.24, 2.45) is 0 Å². The smallest absolute Gasteiger partial charge is 0.345 e. The molecule has 3 aromatic rings. The maximum absolute atomic E-state index is 12.4. The van der Waals surface area contributed by atoms with Crippen molar-refractivity contribution in [1.29, 1.82) is 0 Å². The molecule has 0 aliphatic rings. The summed E-state index contributed by atoms with van der Waals surface area (Å²) in [5.41, 5.74) is 3.90. The molecule has 0 spiro atoms. The van der Waals surface area contributed by atoms with Gasteiger partial charge in [0.2, 0.25) is 0 Å². The minimum absolute atomic E-state index is 0.0123. The molecule has 3 rings (SSSR count). The monoisotopic (exact) mass is 365 g/mol. The lowest BCUT2D eigenvalue weighted by Gasteiger charge is -2.09. The lowest BCUT2D eigenvalue weighted by Crippen LogP contribution is -2.10. The van der Waals surface area contributed by atoms with Gasteiger partial charge in [-0.3, -0.25) is 10.1 Å². The quantitative estimate of drug-likeness (QED) is 0.386. The van der Waals surface area contributed by atoms with Gasteiger partial charge >= 0.3 is 5.97 Å². The first-order chi connectivity index (χ1) is 12.9. The van der Waals surface area contributed by atoms with Crippen molar-refractivity contribution < 1.29 is 14.5 Å². The Morgan fingerprint density at radius 3 is 2.44 bits per heavy atom. The van der Waals surface area contributed by atoms with Crippen LogP contribution in [0.25, 0.3) is 5.69 Å². The summed E-state index contributed by atoms with van der Waals surface area (Å²) < 4.78 is 7.13. The first-order valence-electron chi connectivity index (χ1n) is 8.40. The SMILES string of the molecule is Cc1cc(C)n(-c2ccc(COC(=O)c3c(C)cccc3[N+](=O)[O-])cc2)n1. The second-order valence-corrected chi connectivity index (χ2v) is 6.31. The van der Waals surface area contributed by atoms with Gasteiger partial charge in [0.05, 0.1) is 16.3 Å². The third kappa shape index (κ3) is 3.87. The summed E-state index contributed by atoms with van der Waals surface area (Å²) in [4.78, 5) is 22.9. The van der Waals surface area contributed by atoms with Crippen LogP contribution in [0.15, 0.2) is 48.5 Å². The molecule has 0 aliphatic heterocycles. The molecule has 0 radical (unpaired) electrons. The van der Waals surface area contributed by atoms with Crippen LogP contribution < -0.4 is 0 Å². The zero-order valence-corrected chi connectivity index (χ0v) is 15.3. The van der Waals surface area contributed by atoms with E-state index in [1.54, 1.807) is 19.1 Å². The van der Waals surface area contributed by atoms with Gasteiger partial charge < -0.3 is 4.74 Å². The fourth-order valence-corrected chi connectivity index (χ4v) is 2.91. The standard InChI is InChI=1S/C20H19N3O4/c1-13-5-4-6-18(23(25)26)19(13)20(24)27-12-16-7-9-17(10-8-16)22-15(3)11-14(2)21-22/h4-11H,12H2,1-3H3. The Morgan fingerprint density at radius 1 is 1.15 bits per heavy atom. The number of esters is 1. The van der Waals surface area contributed by atoms with E-state index in [1.807, 2.05) is 48.9 Å². The molecule has 0 saturated carbocycles. The first kappa shape index (κ1) is 18.3. The molecule has 1 aromatic heterocycles. The maximum Gasteiger partial charge on any atom is 0.345 e. The Morgan fingerprint density at radius 2 is 1.85 bits per heavy atom. The van der Waals surface area contributed by atoms with Gasteiger partial charge in [-0.15, -0.1) is 0 Å². The van der Waals surface area contributed by atoms with Gasteiger partial charge in [0.1, 0.15) is 12.2 Å². The van der Waals surface area contributed by atoms with Gasteiger partial charge in [-0.05, 0) is 50.1 Å². The highest BCUT2D eigenvalue weighted by Crippen LogP contribution is 2.23. The summed E-state index contributed by atoms with van der Waals surface area (Å²) in [7, 11) is 0. The topological polar surface area (TPSA) is 87.3 Å². The first-order valence-corrected chi connectivity index (χ1v) is 8.40. The molecule has 7 heteroatoms. The van der Waals surface area contributed by atoms with Gasteiger partial charge in [-0.25, -0.2) is 9.48 Å². The number of carbonyl (C=O) groups excluding carboxylic acids is 1. The van der Waals surface area contributed by atoms with E-state index in [-0.39, 0.29) is 17.9 Å². The summed E-state index contributed by atoms with van der Waals surface area (Å²) >= 11 is 0. The summed E-state index contributed by atoms with van der Waals surface area (Å²) in [6.07, 6.45) is 0. The molecule has 0 atom stereocenters. The molecule has 0 amide bonds. The van der Waals surface area contributed by atoms with Crippen molar-refractivity contribution in [3.63, 3.8) is 0 Å². The molecule has 138 valence electrons. The summed E-state index contributed by atoms with van der Waals surface area (Å²) in [5.74, 6) is -0.706. The summed E-state index contributed by atoms with van der Waals surface area (Å²) in [5, 5.41) is 15.6. The number of nitro groups is 1. The van der Waals surface area contributed by atoms with E-state index in [0.29, 0.717) is 5.56 Å². The summed E-state index contributed by atoms with van der Waals surface area (Å²) in [6, 6.07) is 13.9. The highest BCUT2D eigenvalue weighted by Gasteiger charge is 2.23. The van der Waals surface area contributed by atoms with Crippen molar-refractivity contribution in [2.45, 2.75) is 27.4 Å². The minimum Gasteiger partial charge on any atom is -0.457 e. The number of hydrogen-bond acceptors (Lipinski definition) is 5. The second-order valence-electron chi connectivity index (χ2n) is 6.31. The average molecular weight is 365 g/mol. The maximum atomic E-state index is 12.4. The van der Waals surface area contributed by atoms with Gasteiger partial charge in [-0.1, -0.05) is 24.3 Å². The average Bonchev–Trinajstić information content (AvgIpc) is 2.98. The Kier molecular flexibility index (Phi) is 5.03. The molecule has 0 fully saturated rings. The largest absolute Gasteiger partial charge is 0.457 e. The number of nitro benzene ring substituents is 1. The number of carbonyl (C=O) groups is 1. The number of ether oxygens (including phenoxy) is 1. The molecule has 0 aliphatic carbocycles. The Bertz CT molecular complexity index is 1010. The lowest BCUT2D eigenvalue weighted by molar-refractivity contribution is -0.385. The van der Waals surface area contributed by atoms with Gasteiger partial charge in [0.25, 0.3) is 5.69 Å². The normalized spacial score (nSPS) is 10.6. The second kappa shape index (κ2) is 7.41. The number of rotatable bonds is 5. The van der Waals surface area contributed by atoms with E-state index in [1.165, 1.54) is 6.07 Å². The molecular formula is C20H19N3O4. The summed E-state index contributed by atoms with van der Waals surface area (Å²) in [6.45, 7) is 5.58. The molecule has 2 aromatic carbocycles. The fourth-order valence-electron chi connectivity index (χ4n) is 2.91. The predicted molar refractivity (Wildman–Crippen MR) is 100.0 cm³/mol. The van der Waals surface area contributed by atoms with Crippen LogP contribution in [0.2, 0.25) is 0 Å². The zero-order valence-electron chi connectivity index (χ0n) is 15.3. The number of hydrogen-bond donors (Lipinski definition) is 0. The molecule has 0 saturated heterocycles. The van der Waals surface area contributed by atoms with Crippen molar-refractivity contribution in [1.82, 2.24) is 9.78 Å². The van der Waals surface area contributed by atoms with E-state index >= 15 is 0 Å². The van der Waals surface area contributed by atoms with Crippen LogP contribution >= 0.6 is 0 Å². The van der Waals surface area contributed by atoms with Crippen molar-refractivity contribution in [3.05, 3.63) is 86.7 Å². The third-order valence-electron chi connectivity index (χ3n) is 4.21. The third-order valence-corrected chi connectivity index (χ3v) is 4.21. The molecule has 27 heavy (non-hydrogen) atoms. The molecule has 1 heterocycles. The van der Waals surface area contributed by atoms with Crippen LogP contribution in [-0.2, 0) is 11.3 Å². The van der Waals surface area contributed by atoms with Crippen LogP contribution in [0.5, 0.6) is 0 Å². The molecular weight excluding hydrogens is 346 g/mol.